The molecule has 0 aromatic heterocycles. The van der Waals surface area contributed by atoms with Crippen LogP contribution in [-0.2, 0) is 9.59 Å². The fraction of sp³-hybridized carbons (Fsp3) is 0.158. The molecular weight excluding hydrogens is 342 g/mol. The molecule has 0 spiro atoms. The average Bonchev–Trinajstić information content (AvgIpc) is 2.88. The maximum atomic E-state index is 12.5. The van der Waals surface area contributed by atoms with Gasteiger partial charge in [0, 0.05) is 17.1 Å². The van der Waals surface area contributed by atoms with Gasteiger partial charge in [-0.3, -0.25) is 9.59 Å². The standard InChI is InChI=1S/C19H16ClNO4/c20-14-8-6-13(7-9-14)17(23)15-16(12-4-2-1-3-5-12)21(10-11-22)19(25)18(15)24/h1-9,16,22-23H,10-11H2/b17-15+/t16-/m1/s1. The number of β-amino-alcohol motifs (C(OH)–C–C–N with tert-alkyl or cyclic N) is 1. The van der Waals surface area contributed by atoms with Gasteiger partial charge in [-0.25, -0.2) is 0 Å². The van der Waals surface area contributed by atoms with Crippen molar-refractivity contribution < 1.29 is 19.8 Å². The van der Waals surface area contributed by atoms with Crippen LogP contribution in [0.2, 0.25) is 5.02 Å². The number of carbonyl (C=O) groups excluding carboxylic acids is 2. The first-order valence-corrected chi connectivity index (χ1v) is 8.12. The molecule has 1 heterocycles. The van der Waals surface area contributed by atoms with E-state index in [0.717, 1.165) is 0 Å². The zero-order valence-corrected chi connectivity index (χ0v) is 14.0. The summed E-state index contributed by atoms with van der Waals surface area (Å²) in [6.45, 7) is -0.279. The van der Waals surface area contributed by atoms with Crippen molar-refractivity contribution in [2.75, 3.05) is 13.2 Å². The molecule has 0 radical (unpaired) electrons. The highest BCUT2D eigenvalue weighted by molar-refractivity contribution is 6.46. The minimum absolute atomic E-state index is 0.00152. The van der Waals surface area contributed by atoms with Crippen LogP contribution in [0.25, 0.3) is 5.76 Å². The molecule has 2 aromatic rings. The van der Waals surface area contributed by atoms with E-state index in [0.29, 0.717) is 16.1 Å². The van der Waals surface area contributed by atoms with Gasteiger partial charge in [-0.1, -0.05) is 41.9 Å². The monoisotopic (exact) mass is 357 g/mol. The smallest absolute Gasteiger partial charge is 0.295 e. The molecule has 5 nitrogen and oxygen atoms in total. The summed E-state index contributed by atoms with van der Waals surface area (Å²) >= 11 is 5.86. The molecule has 1 fully saturated rings. The average molecular weight is 358 g/mol. The maximum Gasteiger partial charge on any atom is 0.295 e. The van der Waals surface area contributed by atoms with Crippen molar-refractivity contribution in [1.29, 1.82) is 0 Å². The molecular formula is C19H16ClNO4. The summed E-state index contributed by atoms with van der Waals surface area (Å²) in [5, 5.41) is 20.5. The van der Waals surface area contributed by atoms with Crippen LogP contribution in [0.3, 0.4) is 0 Å². The Morgan fingerprint density at radius 2 is 1.68 bits per heavy atom. The molecule has 1 aliphatic heterocycles. The number of Topliss-reactive ketones (excluding diaryl/α,β-unsaturated/α-hetero) is 1. The lowest BCUT2D eigenvalue weighted by molar-refractivity contribution is -0.140. The highest BCUT2D eigenvalue weighted by Crippen LogP contribution is 2.39. The Kier molecular flexibility index (Phi) is 4.88. The Bertz CT molecular complexity index is 830. The van der Waals surface area contributed by atoms with E-state index in [2.05, 4.69) is 0 Å². The first kappa shape index (κ1) is 17.2. The summed E-state index contributed by atoms with van der Waals surface area (Å²) in [5.74, 6) is -1.77. The number of ketones is 1. The lowest BCUT2D eigenvalue weighted by Gasteiger charge is -2.24. The zero-order valence-electron chi connectivity index (χ0n) is 13.2. The van der Waals surface area contributed by atoms with E-state index in [9.17, 15) is 19.8 Å². The van der Waals surface area contributed by atoms with Gasteiger partial charge in [-0.2, -0.15) is 0 Å². The third-order valence-corrected chi connectivity index (χ3v) is 4.37. The molecule has 0 unspecified atom stereocenters. The Morgan fingerprint density at radius 3 is 2.28 bits per heavy atom. The number of aliphatic hydroxyl groups is 2. The van der Waals surface area contributed by atoms with E-state index in [1.54, 1.807) is 48.5 Å². The number of aliphatic hydroxyl groups excluding tert-OH is 2. The topological polar surface area (TPSA) is 77.8 Å². The van der Waals surface area contributed by atoms with Crippen molar-refractivity contribution in [2.45, 2.75) is 6.04 Å². The first-order valence-electron chi connectivity index (χ1n) is 7.74. The summed E-state index contributed by atoms with van der Waals surface area (Å²) in [6.07, 6.45) is 0. The number of rotatable bonds is 4. The summed E-state index contributed by atoms with van der Waals surface area (Å²) in [7, 11) is 0. The van der Waals surface area contributed by atoms with Crippen molar-refractivity contribution in [3.05, 3.63) is 76.3 Å². The van der Waals surface area contributed by atoms with Crippen molar-refractivity contribution >= 4 is 29.1 Å². The van der Waals surface area contributed by atoms with Gasteiger partial charge in [-0.05, 0) is 29.8 Å². The molecule has 1 saturated heterocycles. The van der Waals surface area contributed by atoms with Crippen molar-refractivity contribution in [1.82, 2.24) is 4.90 Å². The zero-order chi connectivity index (χ0) is 18.0. The lowest BCUT2D eigenvalue weighted by Crippen LogP contribution is -2.32. The quantitative estimate of drug-likeness (QED) is 0.501. The van der Waals surface area contributed by atoms with E-state index >= 15 is 0 Å². The summed E-state index contributed by atoms with van der Waals surface area (Å²) in [6, 6.07) is 14.6. The van der Waals surface area contributed by atoms with Gasteiger partial charge < -0.3 is 15.1 Å². The first-order chi connectivity index (χ1) is 12.0. The van der Waals surface area contributed by atoms with Crippen LogP contribution >= 0.6 is 11.6 Å². The number of halogens is 1. The molecule has 0 bridgehead atoms. The third-order valence-electron chi connectivity index (χ3n) is 4.11. The number of benzene rings is 2. The lowest BCUT2D eigenvalue weighted by atomic mass is 9.95. The summed E-state index contributed by atoms with van der Waals surface area (Å²) in [5.41, 5.74) is 1.09. The largest absolute Gasteiger partial charge is 0.507 e. The Balaban J connectivity index is 2.17. The van der Waals surface area contributed by atoms with Gasteiger partial charge in [0.15, 0.2) is 0 Å². The van der Waals surface area contributed by atoms with E-state index in [4.69, 9.17) is 11.6 Å². The molecule has 2 aromatic carbocycles. The second-order valence-corrected chi connectivity index (χ2v) is 6.07. The number of nitrogens with zero attached hydrogens (tertiary/aromatic N) is 1. The Hall–Kier alpha value is -2.63. The van der Waals surface area contributed by atoms with E-state index < -0.39 is 17.7 Å². The summed E-state index contributed by atoms with van der Waals surface area (Å²) in [4.78, 5) is 26.2. The van der Waals surface area contributed by atoms with Crippen LogP contribution < -0.4 is 0 Å². The minimum Gasteiger partial charge on any atom is -0.507 e. The normalized spacial score (nSPS) is 19.4. The van der Waals surface area contributed by atoms with E-state index in [-0.39, 0.29) is 24.5 Å². The van der Waals surface area contributed by atoms with Gasteiger partial charge in [0.25, 0.3) is 11.7 Å². The fourth-order valence-electron chi connectivity index (χ4n) is 2.96. The van der Waals surface area contributed by atoms with Crippen molar-refractivity contribution in [3.8, 4) is 0 Å². The van der Waals surface area contributed by atoms with Crippen molar-refractivity contribution in [2.24, 2.45) is 0 Å². The van der Waals surface area contributed by atoms with E-state index in [1.807, 2.05) is 6.07 Å². The molecule has 0 aliphatic carbocycles. The molecule has 1 amide bonds. The predicted molar refractivity (Wildman–Crippen MR) is 94.0 cm³/mol. The Morgan fingerprint density at radius 1 is 1.04 bits per heavy atom. The number of amides is 1. The van der Waals surface area contributed by atoms with Gasteiger partial charge in [-0.15, -0.1) is 0 Å². The van der Waals surface area contributed by atoms with Gasteiger partial charge >= 0.3 is 0 Å². The second-order valence-electron chi connectivity index (χ2n) is 5.63. The molecule has 3 rings (SSSR count). The molecule has 25 heavy (non-hydrogen) atoms. The van der Waals surface area contributed by atoms with Crippen LogP contribution in [0.1, 0.15) is 17.2 Å². The van der Waals surface area contributed by atoms with Crippen LogP contribution in [0, 0.1) is 0 Å². The molecule has 6 heteroatoms. The van der Waals surface area contributed by atoms with Crippen LogP contribution in [0.5, 0.6) is 0 Å². The summed E-state index contributed by atoms with van der Waals surface area (Å²) < 4.78 is 0. The van der Waals surface area contributed by atoms with Gasteiger partial charge in [0.2, 0.25) is 0 Å². The molecule has 128 valence electrons. The number of carbonyl (C=O) groups is 2. The minimum atomic E-state index is -0.769. The molecule has 1 atom stereocenters. The van der Waals surface area contributed by atoms with Crippen molar-refractivity contribution in [3.63, 3.8) is 0 Å². The fourth-order valence-corrected chi connectivity index (χ4v) is 3.09. The van der Waals surface area contributed by atoms with Crippen LogP contribution in [0.15, 0.2) is 60.2 Å². The molecule has 0 saturated carbocycles. The highest BCUT2D eigenvalue weighted by Gasteiger charge is 2.45. The van der Waals surface area contributed by atoms with Gasteiger partial charge in [0.05, 0.1) is 18.2 Å². The highest BCUT2D eigenvalue weighted by atomic mass is 35.5. The molecule has 2 N–H and O–H groups in total. The van der Waals surface area contributed by atoms with E-state index in [1.165, 1.54) is 4.90 Å². The van der Waals surface area contributed by atoms with Gasteiger partial charge in [0.1, 0.15) is 5.76 Å². The Labute approximate surface area is 149 Å². The number of hydrogen-bond donors (Lipinski definition) is 2. The number of hydrogen-bond acceptors (Lipinski definition) is 4. The SMILES string of the molecule is O=C1C(=O)N(CCO)[C@H](c2ccccc2)/C1=C(\O)c1ccc(Cl)cc1. The second kappa shape index (κ2) is 7.09. The van der Waals surface area contributed by atoms with Crippen LogP contribution in [0.4, 0.5) is 0 Å². The number of likely N-dealkylation sites (tertiary alicyclic amines) is 1. The van der Waals surface area contributed by atoms with Crippen LogP contribution in [-0.4, -0.2) is 40.0 Å². The predicted octanol–water partition coefficient (Wildman–Crippen LogP) is 2.75. The maximum absolute atomic E-state index is 12.5. The third kappa shape index (κ3) is 3.16. The molecule has 1 aliphatic rings.